The van der Waals surface area contributed by atoms with E-state index in [1.54, 1.807) is 28.1 Å². The van der Waals surface area contributed by atoms with Crippen molar-refractivity contribution in [2.24, 2.45) is 5.10 Å². The molecule has 5 rings (SSSR count). The molecule has 3 aromatic rings. The van der Waals surface area contributed by atoms with E-state index in [0.29, 0.717) is 44.0 Å². The summed E-state index contributed by atoms with van der Waals surface area (Å²) >= 11 is 0. The van der Waals surface area contributed by atoms with Crippen LogP contribution < -0.4 is 10.9 Å². The largest absolute Gasteiger partial charge is 0.444 e. The van der Waals surface area contributed by atoms with Crippen molar-refractivity contribution < 1.29 is 9.53 Å². The smallest absolute Gasteiger partial charge is 0.410 e. The minimum absolute atomic E-state index is 0.102. The van der Waals surface area contributed by atoms with Crippen LogP contribution in [0.15, 0.2) is 64.9 Å². The third-order valence-corrected chi connectivity index (χ3v) is 6.71. The van der Waals surface area contributed by atoms with Gasteiger partial charge in [-0.3, -0.25) is 9.48 Å². The first-order chi connectivity index (χ1) is 18.6. The number of amides is 1. The number of carbonyl (C=O) groups excluding carboxylic acids is 1. The molecule has 0 saturated carbocycles. The summed E-state index contributed by atoms with van der Waals surface area (Å²) in [6, 6.07) is 9.41. The van der Waals surface area contributed by atoms with Gasteiger partial charge in [0.15, 0.2) is 5.82 Å². The number of ether oxygens (including phenoxy) is 1. The summed E-state index contributed by atoms with van der Waals surface area (Å²) in [5, 5.41) is 8.72. The van der Waals surface area contributed by atoms with Crippen molar-refractivity contribution in [3.63, 3.8) is 0 Å². The molecule has 0 aliphatic carbocycles. The van der Waals surface area contributed by atoms with Crippen LogP contribution in [-0.4, -0.2) is 62.2 Å². The Morgan fingerprint density at radius 2 is 1.95 bits per heavy atom. The van der Waals surface area contributed by atoms with Crippen molar-refractivity contribution >= 4 is 17.9 Å². The maximum Gasteiger partial charge on any atom is 0.410 e. The van der Waals surface area contributed by atoms with Gasteiger partial charge in [0.2, 0.25) is 5.43 Å². The monoisotopic (exact) mass is 527 g/mol. The molecule has 1 N–H and O–H groups in total. The van der Waals surface area contributed by atoms with E-state index in [2.05, 4.69) is 25.6 Å². The lowest BCUT2D eigenvalue weighted by Crippen LogP contribution is -2.39. The van der Waals surface area contributed by atoms with Gasteiger partial charge in [-0.15, -0.1) is 0 Å². The Kier molecular flexibility index (Phi) is 7.03. The van der Waals surface area contributed by atoms with Crippen LogP contribution in [0.3, 0.4) is 0 Å². The van der Waals surface area contributed by atoms with Crippen LogP contribution in [0.1, 0.15) is 50.9 Å². The van der Waals surface area contributed by atoms with Gasteiger partial charge in [-0.05, 0) is 51.3 Å². The third kappa shape index (κ3) is 6.05. The van der Waals surface area contributed by atoms with E-state index in [0.717, 1.165) is 22.3 Å². The maximum absolute atomic E-state index is 12.6. The highest BCUT2D eigenvalue weighted by Crippen LogP contribution is 2.24. The molecule has 4 heterocycles. The van der Waals surface area contributed by atoms with Crippen LogP contribution in [0.4, 0.5) is 4.79 Å². The molecule has 10 nitrogen and oxygen atoms in total. The average molecular weight is 528 g/mol. The van der Waals surface area contributed by atoms with Gasteiger partial charge in [0.25, 0.3) is 0 Å². The van der Waals surface area contributed by atoms with Crippen molar-refractivity contribution in [1.29, 1.82) is 0 Å². The Balaban J connectivity index is 1.28. The van der Waals surface area contributed by atoms with Crippen molar-refractivity contribution in [2.45, 2.75) is 51.7 Å². The molecule has 1 unspecified atom stereocenters. The number of aromatic nitrogens is 4. The standard InChI is InChI=1S/C29H33N7O3/c1-28(2,3)39-27(38)35-11-8-21(9-12-35)23-16-30-26(31-17-23)22-7-5-6-20(14-22)15-24-25(37)10-13-36(34-24)29(4)18-32-33-19-29/h5-8,10,13-14,16-18,33H,9,11-12,15,19H2,1-4H3. The third-order valence-electron chi connectivity index (χ3n) is 6.71. The predicted octanol–water partition coefficient (Wildman–Crippen LogP) is 3.62. The Morgan fingerprint density at radius 3 is 2.62 bits per heavy atom. The molecule has 10 heteroatoms. The summed E-state index contributed by atoms with van der Waals surface area (Å²) in [6.07, 6.45) is 9.97. The molecular weight excluding hydrogens is 494 g/mol. The Hall–Kier alpha value is -4.34. The molecule has 1 atom stereocenters. The lowest BCUT2D eigenvalue weighted by molar-refractivity contribution is 0.0270. The molecule has 0 bridgehead atoms. The molecule has 2 aliphatic rings. The molecule has 1 amide bonds. The van der Waals surface area contributed by atoms with Gasteiger partial charge in [0, 0.05) is 55.3 Å². The Morgan fingerprint density at radius 1 is 1.15 bits per heavy atom. The summed E-state index contributed by atoms with van der Waals surface area (Å²) in [5.41, 5.74) is 6.25. The van der Waals surface area contributed by atoms with Gasteiger partial charge in [-0.25, -0.2) is 14.8 Å². The first-order valence-corrected chi connectivity index (χ1v) is 13.0. The number of carbonyl (C=O) groups is 1. The van der Waals surface area contributed by atoms with Crippen LogP contribution in [0.2, 0.25) is 0 Å². The molecule has 0 radical (unpaired) electrons. The zero-order chi connectivity index (χ0) is 27.6. The summed E-state index contributed by atoms with van der Waals surface area (Å²) < 4.78 is 7.26. The quantitative estimate of drug-likeness (QED) is 0.539. The number of rotatable bonds is 5. The van der Waals surface area contributed by atoms with Gasteiger partial charge in [-0.2, -0.15) is 10.2 Å². The highest BCUT2D eigenvalue weighted by molar-refractivity contribution is 5.72. The van der Waals surface area contributed by atoms with Crippen LogP contribution in [0.5, 0.6) is 0 Å². The first kappa shape index (κ1) is 26.3. The molecule has 2 aromatic heterocycles. The van der Waals surface area contributed by atoms with Crippen LogP contribution in [0, 0.1) is 0 Å². The van der Waals surface area contributed by atoms with Gasteiger partial charge in [0.1, 0.15) is 16.8 Å². The normalized spacial score (nSPS) is 19.0. The van der Waals surface area contributed by atoms with Crippen molar-refractivity contribution in [3.8, 4) is 11.4 Å². The topological polar surface area (TPSA) is 115 Å². The first-order valence-electron chi connectivity index (χ1n) is 13.0. The molecular formula is C29H33N7O3. The van der Waals surface area contributed by atoms with E-state index in [4.69, 9.17) is 4.74 Å². The lowest BCUT2D eigenvalue weighted by atomic mass is 10.0. The fraction of sp³-hybridized carbons (Fsp3) is 0.379. The van der Waals surface area contributed by atoms with E-state index in [1.165, 1.54) is 0 Å². The predicted molar refractivity (Wildman–Crippen MR) is 149 cm³/mol. The highest BCUT2D eigenvalue weighted by Gasteiger charge is 2.28. The van der Waals surface area contributed by atoms with E-state index >= 15 is 0 Å². The number of hydrogen-bond acceptors (Lipinski definition) is 8. The summed E-state index contributed by atoms with van der Waals surface area (Å²) in [7, 11) is 0. The van der Waals surface area contributed by atoms with Gasteiger partial charge in [-0.1, -0.05) is 24.3 Å². The molecule has 0 fully saturated rings. The Labute approximate surface area is 227 Å². The van der Waals surface area contributed by atoms with E-state index in [1.807, 2.05) is 70.4 Å². The second-order valence-electron chi connectivity index (χ2n) is 11.1. The van der Waals surface area contributed by atoms with Crippen molar-refractivity contribution in [3.05, 3.63) is 82.0 Å². The van der Waals surface area contributed by atoms with Gasteiger partial charge < -0.3 is 15.1 Å². The number of nitrogens with one attached hydrogen (secondary N) is 1. The molecule has 2 aliphatic heterocycles. The van der Waals surface area contributed by atoms with Gasteiger partial charge >= 0.3 is 6.09 Å². The van der Waals surface area contributed by atoms with Crippen molar-refractivity contribution in [2.75, 3.05) is 19.6 Å². The highest BCUT2D eigenvalue weighted by atomic mass is 16.6. The zero-order valence-electron chi connectivity index (χ0n) is 22.7. The van der Waals surface area contributed by atoms with Gasteiger partial charge in [0.05, 0.1) is 12.8 Å². The average Bonchev–Trinajstić information content (AvgIpc) is 3.37. The molecule has 202 valence electrons. The van der Waals surface area contributed by atoms with Crippen LogP contribution in [0.25, 0.3) is 17.0 Å². The fourth-order valence-corrected chi connectivity index (χ4v) is 4.51. The summed E-state index contributed by atoms with van der Waals surface area (Å²) in [4.78, 5) is 35.8. The molecule has 39 heavy (non-hydrogen) atoms. The second kappa shape index (κ2) is 10.4. The molecule has 0 spiro atoms. The van der Waals surface area contributed by atoms with E-state index in [-0.39, 0.29) is 11.5 Å². The number of benzene rings is 1. The van der Waals surface area contributed by atoms with Crippen molar-refractivity contribution in [1.82, 2.24) is 30.1 Å². The van der Waals surface area contributed by atoms with Crippen LogP contribution >= 0.6 is 0 Å². The summed E-state index contributed by atoms with van der Waals surface area (Å²) in [5.74, 6) is 0.603. The van der Waals surface area contributed by atoms with E-state index in [9.17, 15) is 9.59 Å². The summed E-state index contributed by atoms with van der Waals surface area (Å²) in [6.45, 7) is 9.30. The zero-order valence-corrected chi connectivity index (χ0v) is 22.7. The SMILES string of the molecule is CC(C)(C)OC(=O)N1CC=C(c2cnc(-c3cccc(Cc4nn(C5(C)C=NNC5)ccc4=O)c3)nc2)CC1. The van der Waals surface area contributed by atoms with E-state index < -0.39 is 11.1 Å². The minimum atomic E-state index is -0.514. The number of hydrogen-bond donors (Lipinski definition) is 1. The Bertz CT molecular complexity index is 1490. The second-order valence-corrected chi connectivity index (χ2v) is 11.1. The lowest BCUT2D eigenvalue weighted by Gasteiger charge is -2.29. The maximum atomic E-state index is 12.6. The minimum Gasteiger partial charge on any atom is -0.444 e. The number of hydrazone groups is 1. The van der Waals surface area contributed by atoms with Crippen LogP contribution in [-0.2, 0) is 16.7 Å². The number of nitrogens with zero attached hydrogens (tertiary/aromatic N) is 6. The molecule has 1 aromatic carbocycles. The molecule has 0 saturated heterocycles. The fourth-order valence-electron chi connectivity index (χ4n) is 4.51.